The van der Waals surface area contributed by atoms with Gasteiger partial charge >= 0.3 is 0 Å². The molecule has 3 heterocycles. The number of benzene rings is 1. The summed E-state index contributed by atoms with van der Waals surface area (Å²) < 4.78 is 1.36. The lowest BCUT2D eigenvalue weighted by atomic mass is 10.2. The number of nitrogens with zero attached hydrogens (tertiary/aromatic N) is 2. The Bertz CT molecular complexity index is 1190. The second kappa shape index (κ2) is 7.09. The van der Waals surface area contributed by atoms with Gasteiger partial charge in [0.25, 0.3) is 5.56 Å². The van der Waals surface area contributed by atoms with Crippen molar-refractivity contribution in [3.05, 3.63) is 68.9 Å². The average Bonchev–Trinajstić information content (AvgIpc) is 3.26. The number of hydrogen-bond donors (Lipinski definition) is 1. The van der Waals surface area contributed by atoms with Gasteiger partial charge < -0.3 is 5.32 Å². The number of carbonyl (C=O) groups is 1. The molecule has 7 heteroatoms. The Morgan fingerprint density at radius 1 is 1.15 bits per heavy atom. The number of nitrogens with one attached hydrogen (secondary N) is 1. The molecular formula is C20H17N3O2S2. The topological polar surface area (TPSA) is 64.0 Å². The van der Waals surface area contributed by atoms with Gasteiger partial charge in [-0.05, 0) is 38.1 Å². The third kappa shape index (κ3) is 3.56. The molecule has 0 saturated carbocycles. The number of carbonyl (C=O) groups excluding carboxylic acids is 1. The summed E-state index contributed by atoms with van der Waals surface area (Å²) >= 11 is 3.09. The van der Waals surface area contributed by atoms with Crippen molar-refractivity contribution in [3.8, 4) is 10.4 Å². The number of aryl methyl sites for hydroxylation is 2. The minimum atomic E-state index is -0.258. The fourth-order valence-corrected chi connectivity index (χ4v) is 4.69. The van der Waals surface area contributed by atoms with Crippen LogP contribution in [0.1, 0.15) is 10.4 Å². The zero-order chi connectivity index (χ0) is 19.0. The van der Waals surface area contributed by atoms with E-state index in [1.807, 2.05) is 55.6 Å². The van der Waals surface area contributed by atoms with Crippen LogP contribution in [0.4, 0.5) is 5.69 Å². The van der Waals surface area contributed by atoms with E-state index >= 15 is 0 Å². The molecule has 0 fully saturated rings. The summed E-state index contributed by atoms with van der Waals surface area (Å²) in [5.74, 6) is -0.258. The Morgan fingerprint density at radius 2 is 1.93 bits per heavy atom. The summed E-state index contributed by atoms with van der Waals surface area (Å²) in [5, 5.41) is 5.35. The van der Waals surface area contributed by atoms with Crippen LogP contribution in [-0.2, 0) is 11.3 Å². The van der Waals surface area contributed by atoms with Crippen molar-refractivity contribution in [2.45, 2.75) is 20.4 Å². The Balaban J connectivity index is 1.64. The van der Waals surface area contributed by atoms with Gasteiger partial charge in [-0.15, -0.1) is 22.7 Å². The van der Waals surface area contributed by atoms with Crippen LogP contribution in [0.3, 0.4) is 0 Å². The average molecular weight is 396 g/mol. The largest absolute Gasteiger partial charge is 0.325 e. The van der Waals surface area contributed by atoms with E-state index in [1.54, 1.807) is 11.3 Å². The van der Waals surface area contributed by atoms with Crippen LogP contribution in [0.25, 0.3) is 20.7 Å². The van der Waals surface area contributed by atoms with Crippen molar-refractivity contribution >= 4 is 44.5 Å². The molecule has 0 saturated heterocycles. The van der Waals surface area contributed by atoms with Crippen LogP contribution in [0.15, 0.2) is 52.9 Å². The third-order valence-electron chi connectivity index (χ3n) is 4.22. The van der Waals surface area contributed by atoms with Crippen molar-refractivity contribution < 1.29 is 4.79 Å². The lowest BCUT2D eigenvalue weighted by molar-refractivity contribution is -0.116. The van der Waals surface area contributed by atoms with Gasteiger partial charge in [-0.3, -0.25) is 14.2 Å². The maximum absolute atomic E-state index is 13.0. The molecule has 1 amide bonds. The predicted molar refractivity (Wildman–Crippen MR) is 112 cm³/mol. The Kier molecular flexibility index (Phi) is 4.63. The van der Waals surface area contributed by atoms with E-state index < -0.39 is 0 Å². The summed E-state index contributed by atoms with van der Waals surface area (Å²) in [4.78, 5) is 32.6. The Labute approximate surface area is 163 Å². The summed E-state index contributed by atoms with van der Waals surface area (Å²) in [6, 6.07) is 11.6. The maximum Gasteiger partial charge on any atom is 0.263 e. The number of rotatable bonds is 4. The number of aromatic nitrogens is 2. The van der Waals surface area contributed by atoms with E-state index in [2.05, 4.69) is 10.3 Å². The first-order valence-electron chi connectivity index (χ1n) is 8.41. The van der Waals surface area contributed by atoms with Gasteiger partial charge in [0.1, 0.15) is 11.4 Å². The van der Waals surface area contributed by atoms with E-state index in [9.17, 15) is 9.59 Å². The second-order valence-corrected chi connectivity index (χ2v) is 8.48. The fourth-order valence-electron chi connectivity index (χ4n) is 2.83. The van der Waals surface area contributed by atoms with E-state index in [0.717, 1.165) is 16.0 Å². The predicted octanol–water partition coefficient (Wildman–Crippen LogP) is 4.44. The van der Waals surface area contributed by atoms with E-state index in [-0.39, 0.29) is 18.0 Å². The van der Waals surface area contributed by atoms with Crippen LogP contribution < -0.4 is 10.9 Å². The number of thiophene rings is 2. The molecule has 3 aromatic heterocycles. The molecule has 1 N–H and O–H groups in total. The molecule has 0 spiro atoms. The lowest BCUT2D eigenvalue weighted by Gasteiger charge is -2.08. The number of amides is 1. The highest BCUT2D eigenvalue weighted by atomic mass is 32.1. The third-order valence-corrected chi connectivity index (χ3v) is 6.14. The van der Waals surface area contributed by atoms with Crippen LogP contribution in [0, 0.1) is 13.8 Å². The molecule has 0 radical (unpaired) electrons. The van der Waals surface area contributed by atoms with Gasteiger partial charge in [-0.1, -0.05) is 17.7 Å². The fraction of sp³-hybridized carbons (Fsp3) is 0.150. The summed E-state index contributed by atoms with van der Waals surface area (Å²) in [6.45, 7) is 3.95. The lowest BCUT2D eigenvalue weighted by Crippen LogP contribution is -2.27. The highest BCUT2D eigenvalue weighted by molar-refractivity contribution is 7.19. The van der Waals surface area contributed by atoms with Crippen LogP contribution >= 0.6 is 22.7 Å². The summed E-state index contributed by atoms with van der Waals surface area (Å²) in [6.07, 6.45) is 1.44. The van der Waals surface area contributed by atoms with Gasteiger partial charge in [0.2, 0.25) is 5.91 Å². The Hall–Kier alpha value is -2.77. The van der Waals surface area contributed by atoms with Crippen LogP contribution in [-0.4, -0.2) is 15.5 Å². The van der Waals surface area contributed by atoms with Gasteiger partial charge in [0.15, 0.2) is 0 Å². The van der Waals surface area contributed by atoms with E-state index in [1.165, 1.54) is 27.1 Å². The van der Waals surface area contributed by atoms with E-state index in [4.69, 9.17) is 0 Å². The maximum atomic E-state index is 13.0. The number of fused-ring (bicyclic) bond motifs is 1. The molecule has 1 aromatic carbocycles. The summed E-state index contributed by atoms with van der Waals surface area (Å²) in [5.41, 5.74) is 2.52. The van der Waals surface area contributed by atoms with Crippen molar-refractivity contribution in [3.63, 3.8) is 0 Å². The zero-order valence-electron chi connectivity index (χ0n) is 14.9. The number of anilines is 1. The molecular weight excluding hydrogens is 378 g/mol. The van der Waals surface area contributed by atoms with Crippen LogP contribution in [0.5, 0.6) is 0 Å². The van der Waals surface area contributed by atoms with Gasteiger partial charge in [-0.2, -0.15) is 0 Å². The first kappa shape index (κ1) is 17.6. The molecule has 0 aliphatic rings. The molecule has 5 nitrogen and oxygen atoms in total. The van der Waals surface area contributed by atoms with Gasteiger partial charge in [-0.25, -0.2) is 4.98 Å². The molecule has 0 aliphatic carbocycles. The minimum absolute atomic E-state index is 0.0750. The molecule has 4 rings (SSSR count). The van der Waals surface area contributed by atoms with Gasteiger partial charge in [0, 0.05) is 26.4 Å². The molecule has 0 bridgehead atoms. The van der Waals surface area contributed by atoms with Crippen molar-refractivity contribution in [2.75, 3.05) is 5.32 Å². The molecule has 27 heavy (non-hydrogen) atoms. The van der Waals surface area contributed by atoms with Crippen molar-refractivity contribution in [1.82, 2.24) is 9.55 Å². The molecule has 136 valence electrons. The highest BCUT2D eigenvalue weighted by Crippen LogP contribution is 2.34. The second-order valence-electron chi connectivity index (χ2n) is 6.33. The monoisotopic (exact) mass is 395 g/mol. The Morgan fingerprint density at radius 3 is 2.63 bits per heavy atom. The minimum Gasteiger partial charge on any atom is -0.325 e. The first-order chi connectivity index (χ1) is 13.0. The standard InChI is InChI=1S/C20H17N3O2S2/c1-12-3-6-14(7-4-12)22-17(24)9-23-11-21-19-18(20(23)25)15(10-26-19)16-8-5-13(2)27-16/h3-8,10-11H,9H2,1-2H3,(H,22,24). The van der Waals surface area contributed by atoms with E-state index in [0.29, 0.717) is 15.9 Å². The normalized spacial score (nSPS) is 11.0. The zero-order valence-corrected chi connectivity index (χ0v) is 16.5. The smallest absolute Gasteiger partial charge is 0.263 e. The van der Waals surface area contributed by atoms with Gasteiger partial charge in [0.05, 0.1) is 11.7 Å². The van der Waals surface area contributed by atoms with Crippen molar-refractivity contribution in [1.29, 1.82) is 0 Å². The number of hydrogen-bond acceptors (Lipinski definition) is 5. The van der Waals surface area contributed by atoms with Crippen molar-refractivity contribution in [2.24, 2.45) is 0 Å². The SMILES string of the molecule is Cc1ccc(NC(=O)Cn2cnc3scc(-c4ccc(C)s4)c3c2=O)cc1. The summed E-state index contributed by atoms with van der Waals surface area (Å²) in [7, 11) is 0. The first-order valence-corrected chi connectivity index (χ1v) is 10.1. The molecule has 0 aliphatic heterocycles. The highest BCUT2D eigenvalue weighted by Gasteiger charge is 2.15. The molecule has 0 atom stereocenters. The van der Waals surface area contributed by atoms with Crippen LogP contribution in [0.2, 0.25) is 0 Å². The molecule has 0 unspecified atom stereocenters. The quantitative estimate of drug-likeness (QED) is 0.555. The molecule has 4 aromatic rings.